The first-order chi connectivity index (χ1) is 13.0. The van der Waals surface area contributed by atoms with Crippen LogP contribution in [0.25, 0.3) is 0 Å². The maximum Gasteiger partial charge on any atom is 0.165 e. The number of methoxy groups -OCH3 is 2. The SMILES string of the molecule is COc1ccc(C=O)cc1F.COc1ccc(Cn2ccnc2S)cc1F. The Bertz CT molecular complexity index is 916. The average molecular weight is 392 g/mol. The first-order valence-electron chi connectivity index (χ1n) is 7.79. The highest BCUT2D eigenvalue weighted by atomic mass is 32.1. The molecule has 2 aromatic carbocycles. The van der Waals surface area contributed by atoms with Crippen molar-refractivity contribution in [3.05, 3.63) is 71.6 Å². The number of rotatable bonds is 5. The molecule has 0 bridgehead atoms. The van der Waals surface area contributed by atoms with Gasteiger partial charge in [0.15, 0.2) is 28.3 Å². The number of imidazole rings is 1. The first kappa shape index (κ1) is 20.4. The fourth-order valence-electron chi connectivity index (χ4n) is 2.21. The normalized spacial score (nSPS) is 9.96. The number of thiol groups is 1. The van der Waals surface area contributed by atoms with Crippen molar-refractivity contribution in [2.45, 2.75) is 11.7 Å². The predicted octanol–water partition coefficient (Wildman–Crippen LogP) is 4.01. The van der Waals surface area contributed by atoms with Gasteiger partial charge < -0.3 is 14.0 Å². The standard InChI is InChI=1S/C11H11FN2OS.C8H7FO2/c1-15-10-3-2-8(6-9(10)12)7-14-5-4-13-11(14)16;1-11-8-3-2-6(5-10)4-7(8)9/h2-6H,7H2,1H3,(H,13,16);2-5H,1H3. The minimum absolute atomic E-state index is 0.149. The quantitative estimate of drug-likeness (QED) is 0.527. The molecule has 3 aromatic rings. The summed E-state index contributed by atoms with van der Waals surface area (Å²) in [4.78, 5) is 14.1. The summed E-state index contributed by atoms with van der Waals surface area (Å²) in [5, 5.41) is 0.608. The van der Waals surface area contributed by atoms with Crippen molar-refractivity contribution in [1.29, 1.82) is 0 Å². The molecule has 3 rings (SSSR count). The lowest BCUT2D eigenvalue weighted by molar-refractivity contribution is 0.112. The summed E-state index contributed by atoms with van der Waals surface area (Å²) in [6, 6.07) is 8.92. The second-order valence-corrected chi connectivity index (χ2v) is 5.74. The van der Waals surface area contributed by atoms with Gasteiger partial charge in [-0.25, -0.2) is 13.8 Å². The number of aromatic nitrogens is 2. The Hall–Kier alpha value is -2.87. The van der Waals surface area contributed by atoms with Crippen LogP contribution in [0.3, 0.4) is 0 Å². The van der Waals surface area contributed by atoms with Gasteiger partial charge in [0.1, 0.15) is 6.29 Å². The molecule has 27 heavy (non-hydrogen) atoms. The van der Waals surface area contributed by atoms with Crippen LogP contribution >= 0.6 is 12.6 Å². The van der Waals surface area contributed by atoms with E-state index in [1.165, 1.54) is 32.4 Å². The number of carbonyl (C=O) groups excluding carboxylic acids is 1. The van der Waals surface area contributed by atoms with Crippen LogP contribution in [0.4, 0.5) is 8.78 Å². The number of benzene rings is 2. The number of nitrogens with zero attached hydrogens (tertiary/aromatic N) is 2. The number of carbonyl (C=O) groups is 1. The third kappa shape index (κ3) is 5.55. The summed E-state index contributed by atoms with van der Waals surface area (Å²) in [7, 11) is 2.82. The van der Waals surface area contributed by atoms with Gasteiger partial charge in [-0.1, -0.05) is 6.07 Å². The molecule has 0 radical (unpaired) electrons. The van der Waals surface area contributed by atoms with Crippen molar-refractivity contribution < 1.29 is 23.0 Å². The zero-order valence-electron chi connectivity index (χ0n) is 14.7. The van der Waals surface area contributed by atoms with Crippen LogP contribution in [0.5, 0.6) is 11.5 Å². The highest BCUT2D eigenvalue weighted by molar-refractivity contribution is 7.80. The molecule has 0 unspecified atom stereocenters. The molecule has 0 N–H and O–H groups in total. The zero-order chi connectivity index (χ0) is 19.8. The third-order valence-corrected chi connectivity index (χ3v) is 3.95. The molecule has 8 heteroatoms. The van der Waals surface area contributed by atoms with Crippen LogP contribution in [0, 0.1) is 11.6 Å². The molecule has 0 spiro atoms. The minimum Gasteiger partial charge on any atom is -0.494 e. The largest absolute Gasteiger partial charge is 0.494 e. The average Bonchev–Trinajstić information content (AvgIpc) is 3.07. The number of ether oxygens (including phenoxy) is 2. The van der Waals surface area contributed by atoms with Crippen LogP contribution in [0.15, 0.2) is 53.9 Å². The highest BCUT2D eigenvalue weighted by Gasteiger charge is 2.05. The molecule has 0 saturated carbocycles. The molecular weight excluding hydrogens is 374 g/mol. The van der Waals surface area contributed by atoms with Gasteiger partial charge in [0.2, 0.25) is 0 Å². The van der Waals surface area contributed by atoms with Crippen molar-refractivity contribution >= 4 is 18.9 Å². The van der Waals surface area contributed by atoms with Crippen LogP contribution in [-0.4, -0.2) is 30.1 Å². The summed E-state index contributed by atoms with van der Waals surface area (Å²) in [6.45, 7) is 0.541. The van der Waals surface area contributed by atoms with E-state index in [0.717, 1.165) is 11.6 Å². The summed E-state index contributed by atoms with van der Waals surface area (Å²) in [5.41, 5.74) is 1.15. The minimum atomic E-state index is -0.517. The van der Waals surface area contributed by atoms with E-state index >= 15 is 0 Å². The molecule has 1 heterocycles. The van der Waals surface area contributed by atoms with Gasteiger partial charge in [0.25, 0.3) is 0 Å². The summed E-state index contributed by atoms with van der Waals surface area (Å²) >= 11 is 4.18. The summed E-state index contributed by atoms with van der Waals surface area (Å²) < 4.78 is 37.5. The topological polar surface area (TPSA) is 53.4 Å². The Morgan fingerprint density at radius 2 is 1.70 bits per heavy atom. The monoisotopic (exact) mass is 392 g/mol. The molecule has 1 aromatic heterocycles. The molecule has 0 amide bonds. The summed E-state index contributed by atoms with van der Waals surface area (Å²) in [5.74, 6) is -0.478. The number of halogens is 2. The summed E-state index contributed by atoms with van der Waals surface area (Å²) in [6.07, 6.45) is 4.04. The van der Waals surface area contributed by atoms with E-state index in [0.29, 0.717) is 23.6 Å². The van der Waals surface area contributed by atoms with Crippen molar-refractivity contribution in [2.75, 3.05) is 14.2 Å². The molecule has 0 saturated heterocycles. The fraction of sp³-hybridized carbons (Fsp3) is 0.158. The van der Waals surface area contributed by atoms with Crippen molar-refractivity contribution in [3.8, 4) is 11.5 Å². The van der Waals surface area contributed by atoms with E-state index in [9.17, 15) is 13.6 Å². The predicted molar refractivity (Wildman–Crippen MR) is 99.9 cm³/mol. The van der Waals surface area contributed by atoms with E-state index in [1.807, 2.05) is 10.6 Å². The number of hydrogen-bond acceptors (Lipinski definition) is 5. The van der Waals surface area contributed by atoms with Crippen LogP contribution in [0.1, 0.15) is 15.9 Å². The van der Waals surface area contributed by atoms with E-state index < -0.39 is 5.82 Å². The number of hydrogen-bond donors (Lipinski definition) is 1. The van der Waals surface area contributed by atoms with Gasteiger partial charge in [-0.3, -0.25) is 4.79 Å². The van der Waals surface area contributed by atoms with Gasteiger partial charge in [0, 0.05) is 24.5 Å². The van der Waals surface area contributed by atoms with Crippen molar-refractivity contribution in [2.24, 2.45) is 0 Å². The molecule has 0 atom stereocenters. The van der Waals surface area contributed by atoms with E-state index in [2.05, 4.69) is 22.3 Å². The molecule has 0 fully saturated rings. The lowest BCUT2D eigenvalue weighted by Crippen LogP contribution is -2.00. The van der Waals surface area contributed by atoms with Gasteiger partial charge in [-0.05, 0) is 35.9 Å². The smallest absolute Gasteiger partial charge is 0.165 e. The molecule has 0 aliphatic heterocycles. The molecular formula is C19H18F2N2O3S. The lowest BCUT2D eigenvalue weighted by Gasteiger charge is -2.07. The first-order valence-corrected chi connectivity index (χ1v) is 8.24. The fourth-order valence-corrected chi connectivity index (χ4v) is 2.41. The Morgan fingerprint density at radius 3 is 2.19 bits per heavy atom. The third-order valence-electron chi connectivity index (χ3n) is 3.57. The van der Waals surface area contributed by atoms with Gasteiger partial charge in [-0.15, -0.1) is 12.6 Å². The van der Waals surface area contributed by atoms with Crippen LogP contribution in [0.2, 0.25) is 0 Å². The Labute approximate surface area is 161 Å². The Kier molecular flexibility index (Phi) is 7.36. The molecule has 0 aliphatic rings. The van der Waals surface area contributed by atoms with Crippen LogP contribution in [-0.2, 0) is 6.54 Å². The molecule has 142 valence electrons. The number of aldehydes is 1. The maximum absolute atomic E-state index is 13.4. The zero-order valence-corrected chi connectivity index (χ0v) is 15.6. The van der Waals surface area contributed by atoms with E-state index in [4.69, 9.17) is 4.74 Å². The highest BCUT2D eigenvalue weighted by Crippen LogP contribution is 2.19. The Balaban J connectivity index is 0.000000208. The van der Waals surface area contributed by atoms with Crippen molar-refractivity contribution in [1.82, 2.24) is 9.55 Å². The van der Waals surface area contributed by atoms with Gasteiger partial charge >= 0.3 is 0 Å². The van der Waals surface area contributed by atoms with Crippen LogP contribution < -0.4 is 9.47 Å². The second-order valence-electron chi connectivity index (χ2n) is 5.34. The van der Waals surface area contributed by atoms with Gasteiger partial charge in [0.05, 0.1) is 14.2 Å². The van der Waals surface area contributed by atoms with E-state index in [-0.39, 0.29) is 17.3 Å². The van der Waals surface area contributed by atoms with Gasteiger partial charge in [-0.2, -0.15) is 0 Å². The molecule has 0 aliphatic carbocycles. The second kappa shape index (κ2) is 9.72. The lowest BCUT2D eigenvalue weighted by atomic mass is 10.2. The molecule has 5 nitrogen and oxygen atoms in total. The maximum atomic E-state index is 13.4. The van der Waals surface area contributed by atoms with Crippen molar-refractivity contribution in [3.63, 3.8) is 0 Å². The Morgan fingerprint density at radius 1 is 1.07 bits per heavy atom. The van der Waals surface area contributed by atoms with E-state index in [1.54, 1.807) is 18.5 Å².